The van der Waals surface area contributed by atoms with Gasteiger partial charge in [0.05, 0.1) is 7.11 Å². The number of allylic oxidation sites excluding steroid dienone is 3. The second-order valence-electron chi connectivity index (χ2n) is 7.47. The summed E-state index contributed by atoms with van der Waals surface area (Å²) in [5.74, 6) is -0.323. The number of hydrogen-bond acceptors (Lipinski definition) is 2. The molecule has 2 nitrogen and oxygen atoms in total. The van der Waals surface area contributed by atoms with Gasteiger partial charge in [-0.25, -0.2) is 4.39 Å². The van der Waals surface area contributed by atoms with Crippen LogP contribution in [0.4, 0.5) is 17.6 Å². The summed E-state index contributed by atoms with van der Waals surface area (Å²) in [6, 6.07) is 3.68. The lowest BCUT2D eigenvalue weighted by Crippen LogP contribution is -2.49. The van der Waals surface area contributed by atoms with Gasteiger partial charge in [-0.3, -0.25) is 0 Å². The normalized spacial score (nSPS) is 17.8. The fraction of sp³-hybridized carbons (Fsp3) is 0.500. The van der Waals surface area contributed by atoms with Gasteiger partial charge in [-0.05, 0) is 48.4 Å². The van der Waals surface area contributed by atoms with Gasteiger partial charge in [0.25, 0.3) is 0 Å². The minimum atomic E-state index is -4.89. The zero-order valence-corrected chi connectivity index (χ0v) is 16.2. The minimum Gasteiger partial charge on any atom is -0.496 e. The number of benzene rings is 1. The number of halogens is 5. The highest BCUT2D eigenvalue weighted by Gasteiger charge is 2.56. The maximum absolute atomic E-state index is 13.8. The Kier molecular flexibility index (Phi) is 6.32. The van der Waals surface area contributed by atoms with Gasteiger partial charge in [0.1, 0.15) is 11.6 Å². The van der Waals surface area contributed by atoms with E-state index in [4.69, 9.17) is 16.3 Å². The van der Waals surface area contributed by atoms with Gasteiger partial charge in [-0.15, -0.1) is 0 Å². The summed E-state index contributed by atoms with van der Waals surface area (Å²) >= 11 is 6.04. The van der Waals surface area contributed by atoms with Crippen LogP contribution in [0.2, 0.25) is 0 Å². The molecular formula is C20H23ClF4O2. The molecule has 0 fully saturated rings. The molecule has 150 valence electrons. The Morgan fingerprint density at radius 1 is 1.15 bits per heavy atom. The molecule has 0 heterocycles. The van der Waals surface area contributed by atoms with Gasteiger partial charge < -0.3 is 9.84 Å². The standard InChI is InChI=1S/C20H23ClF4O2/c1-18(2,15-10-14(22)8-9-17(15)27-3)12-19(26,20(23,24)25)11-13-6-4-5-7-16(13)21/h6-10,26H,4-5,11-12H2,1-3H3. The van der Waals surface area contributed by atoms with E-state index < -0.39 is 35.9 Å². The molecule has 0 aliphatic heterocycles. The number of aliphatic hydroxyl groups is 1. The molecule has 1 aliphatic rings. The van der Waals surface area contributed by atoms with E-state index in [2.05, 4.69) is 0 Å². The third-order valence-corrected chi connectivity index (χ3v) is 5.22. The summed E-state index contributed by atoms with van der Waals surface area (Å²) in [5.41, 5.74) is -3.72. The highest BCUT2D eigenvalue weighted by molar-refractivity contribution is 6.32. The molecule has 0 saturated heterocycles. The smallest absolute Gasteiger partial charge is 0.417 e. The Morgan fingerprint density at radius 3 is 2.33 bits per heavy atom. The predicted molar refractivity (Wildman–Crippen MR) is 97.5 cm³/mol. The van der Waals surface area contributed by atoms with Gasteiger partial charge in [-0.2, -0.15) is 13.2 Å². The topological polar surface area (TPSA) is 29.5 Å². The quantitative estimate of drug-likeness (QED) is 0.584. The number of alkyl halides is 3. The summed E-state index contributed by atoms with van der Waals surface area (Å²) in [7, 11) is 1.36. The summed E-state index contributed by atoms with van der Waals surface area (Å²) in [6.45, 7) is 3.04. The first-order chi connectivity index (χ1) is 12.4. The molecule has 0 radical (unpaired) electrons. The SMILES string of the molecule is COc1ccc(F)cc1C(C)(C)CC(O)(CC1=CCCC=C1Cl)C(F)(F)F. The van der Waals surface area contributed by atoms with Crippen LogP contribution in [0, 0.1) is 5.82 Å². The Hall–Kier alpha value is -1.53. The summed E-state index contributed by atoms with van der Waals surface area (Å²) in [4.78, 5) is 0. The minimum absolute atomic E-state index is 0.227. The lowest BCUT2D eigenvalue weighted by atomic mass is 9.72. The second-order valence-corrected chi connectivity index (χ2v) is 7.88. The van der Waals surface area contributed by atoms with Gasteiger partial charge in [0.15, 0.2) is 5.60 Å². The van der Waals surface area contributed by atoms with Crippen molar-refractivity contribution in [1.29, 1.82) is 0 Å². The molecular weight excluding hydrogens is 384 g/mol. The van der Waals surface area contributed by atoms with Crippen LogP contribution in [-0.2, 0) is 5.41 Å². The summed E-state index contributed by atoms with van der Waals surface area (Å²) in [6.07, 6.45) is -1.74. The molecule has 0 aromatic heterocycles. The van der Waals surface area contributed by atoms with Gasteiger partial charge >= 0.3 is 6.18 Å². The molecule has 1 aliphatic carbocycles. The molecule has 0 amide bonds. The average Bonchev–Trinajstić information content (AvgIpc) is 2.55. The van der Waals surface area contributed by atoms with E-state index in [0.717, 1.165) is 6.07 Å². The van der Waals surface area contributed by atoms with Crippen molar-refractivity contribution in [3.8, 4) is 5.75 Å². The number of ether oxygens (including phenoxy) is 1. The molecule has 1 atom stereocenters. The molecule has 0 bridgehead atoms. The van der Waals surface area contributed by atoms with Crippen LogP contribution in [-0.4, -0.2) is 24.0 Å². The van der Waals surface area contributed by atoms with Crippen molar-refractivity contribution in [2.24, 2.45) is 0 Å². The van der Waals surface area contributed by atoms with E-state index in [0.29, 0.717) is 12.8 Å². The zero-order chi connectivity index (χ0) is 20.5. The summed E-state index contributed by atoms with van der Waals surface area (Å²) < 4.78 is 60.5. The van der Waals surface area contributed by atoms with E-state index in [1.807, 2.05) is 0 Å². The Balaban J connectivity index is 2.42. The van der Waals surface area contributed by atoms with Crippen LogP contribution in [0.15, 0.2) is 41.0 Å². The van der Waals surface area contributed by atoms with Crippen LogP contribution in [0.1, 0.15) is 45.1 Å². The van der Waals surface area contributed by atoms with Crippen LogP contribution in [0.25, 0.3) is 0 Å². The Bertz CT molecular complexity index is 753. The maximum atomic E-state index is 13.8. The molecule has 1 aromatic carbocycles. The lowest BCUT2D eigenvalue weighted by molar-refractivity contribution is -0.266. The Morgan fingerprint density at radius 2 is 1.78 bits per heavy atom. The van der Waals surface area contributed by atoms with Crippen molar-refractivity contribution in [2.45, 2.75) is 56.7 Å². The molecule has 1 N–H and O–H groups in total. The first kappa shape index (κ1) is 21.8. The van der Waals surface area contributed by atoms with Crippen molar-refractivity contribution in [3.05, 3.63) is 52.3 Å². The van der Waals surface area contributed by atoms with E-state index in [-0.39, 0.29) is 21.9 Å². The fourth-order valence-corrected chi connectivity index (χ4v) is 3.72. The van der Waals surface area contributed by atoms with E-state index in [1.165, 1.54) is 33.1 Å². The molecule has 7 heteroatoms. The molecule has 0 saturated carbocycles. The maximum Gasteiger partial charge on any atom is 0.417 e. The van der Waals surface area contributed by atoms with Crippen LogP contribution >= 0.6 is 11.6 Å². The van der Waals surface area contributed by atoms with Crippen molar-refractivity contribution in [3.63, 3.8) is 0 Å². The molecule has 1 aromatic rings. The summed E-state index contributed by atoms with van der Waals surface area (Å²) in [5, 5.41) is 10.9. The lowest BCUT2D eigenvalue weighted by Gasteiger charge is -2.39. The van der Waals surface area contributed by atoms with Crippen molar-refractivity contribution < 1.29 is 27.4 Å². The largest absolute Gasteiger partial charge is 0.496 e. The first-order valence-corrected chi connectivity index (χ1v) is 8.95. The van der Waals surface area contributed by atoms with Crippen molar-refractivity contribution in [1.82, 2.24) is 0 Å². The Labute approximate surface area is 161 Å². The van der Waals surface area contributed by atoms with Crippen LogP contribution in [0.3, 0.4) is 0 Å². The molecule has 2 rings (SSSR count). The van der Waals surface area contributed by atoms with E-state index in [9.17, 15) is 22.7 Å². The van der Waals surface area contributed by atoms with E-state index in [1.54, 1.807) is 12.2 Å². The molecule has 1 unspecified atom stereocenters. The monoisotopic (exact) mass is 406 g/mol. The molecule has 27 heavy (non-hydrogen) atoms. The third-order valence-electron chi connectivity index (χ3n) is 4.82. The second kappa shape index (κ2) is 7.84. The molecule has 0 spiro atoms. The average molecular weight is 407 g/mol. The van der Waals surface area contributed by atoms with E-state index >= 15 is 0 Å². The number of methoxy groups -OCH3 is 1. The van der Waals surface area contributed by atoms with Gasteiger partial charge in [-0.1, -0.05) is 37.6 Å². The van der Waals surface area contributed by atoms with Crippen LogP contribution in [0.5, 0.6) is 5.75 Å². The highest BCUT2D eigenvalue weighted by atomic mass is 35.5. The van der Waals surface area contributed by atoms with Gasteiger partial charge in [0.2, 0.25) is 0 Å². The predicted octanol–water partition coefficient (Wildman–Crippen LogP) is 6.03. The first-order valence-electron chi connectivity index (χ1n) is 8.58. The van der Waals surface area contributed by atoms with Gasteiger partial charge in [0, 0.05) is 17.0 Å². The fourth-order valence-electron chi connectivity index (χ4n) is 3.47. The van der Waals surface area contributed by atoms with Crippen LogP contribution < -0.4 is 4.74 Å². The highest BCUT2D eigenvalue weighted by Crippen LogP contribution is 2.47. The zero-order valence-electron chi connectivity index (χ0n) is 15.5. The number of hydrogen-bond donors (Lipinski definition) is 1. The van der Waals surface area contributed by atoms with Crippen molar-refractivity contribution >= 4 is 11.6 Å². The number of rotatable bonds is 6. The van der Waals surface area contributed by atoms with Crippen molar-refractivity contribution in [2.75, 3.05) is 7.11 Å². The third kappa shape index (κ3) is 4.85.